The Morgan fingerprint density at radius 1 is 1.15 bits per heavy atom. The van der Waals surface area contributed by atoms with Gasteiger partial charge in [-0.3, -0.25) is 9.69 Å². The summed E-state index contributed by atoms with van der Waals surface area (Å²) in [6.45, 7) is 7.82. The van der Waals surface area contributed by atoms with Gasteiger partial charge in [0, 0.05) is 0 Å². The SMILES string of the molecule is C=C(C)COc1ccc(C2(C)NC(=O)N(Cc3ccc(F)cc3)C2=O)cc1. The Bertz CT molecular complexity index is 877. The molecule has 27 heavy (non-hydrogen) atoms. The van der Waals surface area contributed by atoms with Crippen molar-refractivity contribution in [3.8, 4) is 5.75 Å². The van der Waals surface area contributed by atoms with Gasteiger partial charge in [0.2, 0.25) is 0 Å². The van der Waals surface area contributed by atoms with Crippen molar-refractivity contribution in [1.29, 1.82) is 0 Å². The first-order chi connectivity index (χ1) is 12.8. The van der Waals surface area contributed by atoms with Crippen molar-refractivity contribution in [1.82, 2.24) is 10.2 Å². The Labute approximate surface area is 157 Å². The van der Waals surface area contributed by atoms with E-state index in [0.717, 1.165) is 10.5 Å². The molecule has 0 radical (unpaired) electrons. The van der Waals surface area contributed by atoms with E-state index in [1.54, 1.807) is 43.3 Å². The van der Waals surface area contributed by atoms with E-state index in [9.17, 15) is 14.0 Å². The molecule has 140 valence electrons. The second-order valence-electron chi connectivity index (χ2n) is 6.84. The Hall–Kier alpha value is -3.15. The summed E-state index contributed by atoms with van der Waals surface area (Å²) in [7, 11) is 0. The highest BCUT2D eigenvalue weighted by Gasteiger charge is 2.48. The number of nitrogens with zero attached hydrogens (tertiary/aromatic N) is 1. The minimum Gasteiger partial charge on any atom is -0.489 e. The third kappa shape index (κ3) is 3.84. The zero-order valence-corrected chi connectivity index (χ0v) is 15.3. The molecular formula is C21H21FN2O3. The number of hydrogen-bond donors (Lipinski definition) is 1. The largest absolute Gasteiger partial charge is 0.489 e. The third-order valence-corrected chi connectivity index (χ3v) is 4.45. The summed E-state index contributed by atoms with van der Waals surface area (Å²) in [4.78, 5) is 26.4. The summed E-state index contributed by atoms with van der Waals surface area (Å²) in [6.07, 6.45) is 0. The molecule has 3 rings (SSSR count). The van der Waals surface area contributed by atoms with Gasteiger partial charge < -0.3 is 10.1 Å². The number of imide groups is 1. The molecule has 1 unspecified atom stereocenters. The molecule has 2 aromatic rings. The normalized spacial score (nSPS) is 19.1. The highest BCUT2D eigenvalue weighted by atomic mass is 19.1. The van der Waals surface area contributed by atoms with Gasteiger partial charge in [-0.1, -0.05) is 30.8 Å². The zero-order valence-electron chi connectivity index (χ0n) is 15.3. The summed E-state index contributed by atoms with van der Waals surface area (Å²) < 4.78 is 18.6. The number of rotatable bonds is 6. The average Bonchev–Trinajstić information content (AvgIpc) is 2.86. The lowest BCUT2D eigenvalue weighted by Gasteiger charge is -2.22. The molecule has 1 fully saturated rings. The third-order valence-electron chi connectivity index (χ3n) is 4.45. The second kappa shape index (κ2) is 7.23. The van der Waals surface area contributed by atoms with E-state index in [1.807, 2.05) is 6.92 Å². The van der Waals surface area contributed by atoms with E-state index in [4.69, 9.17) is 4.74 Å². The van der Waals surface area contributed by atoms with E-state index in [-0.39, 0.29) is 18.3 Å². The standard InChI is InChI=1S/C21H21FN2O3/c1-14(2)13-27-18-10-6-16(7-11-18)21(3)19(25)24(20(26)23-21)12-15-4-8-17(22)9-5-15/h4-11H,1,12-13H2,2-3H3,(H,23,26). The second-order valence-corrected chi connectivity index (χ2v) is 6.84. The van der Waals surface area contributed by atoms with Crippen LogP contribution < -0.4 is 10.1 Å². The lowest BCUT2D eigenvalue weighted by Crippen LogP contribution is -2.40. The number of ether oxygens (including phenoxy) is 1. The van der Waals surface area contributed by atoms with Crippen molar-refractivity contribution in [2.24, 2.45) is 0 Å². The van der Waals surface area contributed by atoms with Gasteiger partial charge in [-0.05, 0) is 54.8 Å². The van der Waals surface area contributed by atoms with E-state index in [2.05, 4.69) is 11.9 Å². The first kappa shape index (κ1) is 18.6. The lowest BCUT2D eigenvalue weighted by molar-refractivity contribution is -0.131. The zero-order chi connectivity index (χ0) is 19.6. The summed E-state index contributed by atoms with van der Waals surface area (Å²) >= 11 is 0. The van der Waals surface area contributed by atoms with Gasteiger partial charge in [-0.25, -0.2) is 9.18 Å². The number of carbonyl (C=O) groups is 2. The molecule has 0 spiro atoms. The number of amides is 3. The van der Waals surface area contributed by atoms with Crippen molar-refractivity contribution in [2.75, 3.05) is 6.61 Å². The van der Waals surface area contributed by atoms with Crippen LogP contribution in [0.15, 0.2) is 60.7 Å². The molecule has 0 aromatic heterocycles. The molecule has 0 saturated carbocycles. The molecule has 1 aliphatic heterocycles. The van der Waals surface area contributed by atoms with Crippen molar-refractivity contribution in [2.45, 2.75) is 25.9 Å². The molecule has 6 heteroatoms. The summed E-state index contributed by atoms with van der Waals surface area (Å²) in [6, 6.07) is 12.3. The molecular weight excluding hydrogens is 347 g/mol. The van der Waals surface area contributed by atoms with Crippen molar-refractivity contribution in [3.05, 3.63) is 77.6 Å². The Kier molecular flexibility index (Phi) is 4.99. The van der Waals surface area contributed by atoms with Gasteiger partial charge in [0.1, 0.15) is 23.7 Å². The predicted octanol–water partition coefficient (Wildman–Crippen LogP) is 3.75. The Balaban J connectivity index is 1.77. The first-order valence-electron chi connectivity index (χ1n) is 8.56. The fourth-order valence-electron chi connectivity index (χ4n) is 2.90. The van der Waals surface area contributed by atoms with Gasteiger partial charge in [0.25, 0.3) is 5.91 Å². The summed E-state index contributed by atoms with van der Waals surface area (Å²) in [5, 5.41) is 2.76. The summed E-state index contributed by atoms with van der Waals surface area (Å²) in [5.74, 6) is -0.0625. The first-order valence-corrected chi connectivity index (χ1v) is 8.56. The van der Waals surface area contributed by atoms with Crippen LogP contribution in [0.4, 0.5) is 9.18 Å². The van der Waals surface area contributed by atoms with Crippen LogP contribution in [-0.2, 0) is 16.9 Å². The van der Waals surface area contributed by atoms with Gasteiger partial charge >= 0.3 is 6.03 Å². The molecule has 5 nitrogen and oxygen atoms in total. The van der Waals surface area contributed by atoms with Crippen LogP contribution in [0.2, 0.25) is 0 Å². The molecule has 1 N–H and O–H groups in total. The fraction of sp³-hybridized carbons (Fsp3) is 0.238. The summed E-state index contributed by atoms with van der Waals surface area (Å²) in [5.41, 5.74) is 1.07. The maximum absolute atomic E-state index is 13.1. The number of hydrogen-bond acceptors (Lipinski definition) is 3. The molecule has 3 amide bonds. The minimum atomic E-state index is -1.16. The monoisotopic (exact) mass is 368 g/mol. The predicted molar refractivity (Wildman–Crippen MR) is 99.6 cm³/mol. The van der Waals surface area contributed by atoms with Crippen molar-refractivity contribution in [3.63, 3.8) is 0 Å². The highest BCUT2D eigenvalue weighted by molar-refractivity contribution is 6.07. The van der Waals surface area contributed by atoms with Gasteiger partial charge in [0.05, 0.1) is 6.54 Å². The maximum atomic E-state index is 13.1. The van der Waals surface area contributed by atoms with E-state index >= 15 is 0 Å². The van der Waals surface area contributed by atoms with Crippen LogP contribution in [0.3, 0.4) is 0 Å². The Morgan fingerprint density at radius 2 is 1.78 bits per heavy atom. The minimum absolute atomic E-state index is 0.0837. The number of benzene rings is 2. The van der Waals surface area contributed by atoms with Crippen LogP contribution in [0, 0.1) is 5.82 Å². The molecule has 0 bridgehead atoms. The highest BCUT2D eigenvalue weighted by Crippen LogP contribution is 2.31. The van der Waals surface area contributed by atoms with E-state index in [1.165, 1.54) is 12.1 Å². The maximum Gasteiger partial charge on any atom is 0.325 e. The molecule has 1 saturated heterocycles. The van der Waals surface area contributed by atoms with Crippen molar-refractivity contribution < 1.29 is 18.7 Å². The van der Waals surface area contributed by atoms with Gasteiger partial charge in [0.15, 0.2) is 0 Å². The molecule has 0 aliphatic carbocycles. The number of halogens is 1. The quantitative estimate of drug-likeness (QED) is 0.624. The molecule has 1 heterocycles. The number of urea groups is 1. The van der Waals surface area contributed by atoms with Gasteiger partial charge in [-0.2, -0.15) is 0 Å². The average molecular weight is 368 g/mol. The molecule has 2 aromatic carbocycles. The van der Waals surface area contributed by atoms with Crippen LogP contribution >= 0.6 is 0 Å². The van der Waals surface area contributed by atoms with Crippen LogP contribution in [-0.4, -0.2) is 23.4 Å². The van der Waals surface area contributed by atoms with Crippen LogP contribution in [0.1, 0.15) is 25.0 Å². The number of nitrogens with one attached hydrogen (secondary N) is 1. The van der Waals surface area contributed by atoms with Crippen LogP contribution in [0.5, 0.6) is 5.75 Å². The lowest BCUT2D eigenvalue weighted by atomic mass is 9.92. The van der Waals surface area contributed by atoms with E-state index < -0.39 is 11.6 Å². The fourth-order valence-corrected chi connectivity index (χ4v) is 2.90. The Morgan fingerprint density at radius 3 is 2.37 bits per heavy atom. The molecule has 1 atom stereocenters. The number of carbonyl (C=O) groups excluding carboxylic acids is 2. The van der Waals surface area contributed by atoms with Crippen molar-refractivity contribution >= 4 is 11.9 Å². The topological polar surface area (TPSA) is 58.6 Å². The van der Waals surface area contributed by atoms with Crippen LogP contribution in [0.25, 0.3) is 0 Å². The molecule has 1 aliphatic rings. The van der Waals surface area contributed by atoms with Gasteiger partial charge in [-0.15, -0.1) is 0 Å². The smallest absolute Gasteiger partial charge is 0.325 e. The van der Waals surface area contributed by atoms with E-state index in [0.29, 0.717) is 23.5 Å².